The van der Waals surface area contributed by atoms with Gasteiger partial charge in [-0.3, -0.25) is 9.59 Å². The summed E-state index contributed by atoms with van der Waals surface area (Å²) in [5.41, 5.74) is 1.40. The van der Waals surface area contributed by atoms with E-state index in [1.807, 2.05) is 36.4 Å². The molecule has 0 aromatic heterocycles. The highest BCUT2D eigenvalue weighted by molar-refractivity contribution is 9.10. The van der Waals surface area contributed by atoms with Crippen LogP contribution in [-0.2, 0) is 9.59 Å². The van der Waals surface area contributed by atoms with Gasteiger partial charge in [0.25, 0.3) is 0 Å². The minimum atomic E-state index is -1.31. The molecule has 29 heavy (non-hydrogen) atoms. The van der Waals surface area contributed by atoms with E-state index in [1.165, 1.54) is 13.8 Å². The highest BCUT2D eigenvalue weighted by Gasteiger charge is 2.49. The first-order valence-electron chi connectivity index (χ1n) is 9.35. The Hall–Kier alpha value is -1.95. The van der Waals surface area contributed by atoms with Gasteiger partial charge < -0.3 is 10.4 Å². The first kappa shape index (κ1) is 21.8. The van der Waals surface area contributed by atoms with Gasteiger partial charge in [-0.2, -0.15) is 0 Å². The minimum absolute atomic E-state index is 0.133. The number of carbonyl (C=O) groups excluding carboxylic acids is 2. The van der Waals surface area contributed by atoms with E-state index in [0.29, 0.717) is 16.3 Å². The van der Waals surface area contributed by atoms with Crippen LogP contribution in [0.1, 0.15) is 38.7 Å². The van der Waals surface area contributed by atoms with E-state index in [0.717, 1.165) is 15.7 Å². The van der Waals surface area contributed by atoms with Crippen LogP contribution < -0.4 is 5.32 Å². The van der Waals surface area contributed by atoms with Crippen LogP contribution in [-0.4, -0.2) is 22.3 Å². The SMILES string of the molecule is CC(=O)C1=C(Nc2ccc(Br)cc2)C[C@@](C)(O)[C@H](C(C)=O)[C@H]1c1ccc(Cl)cc1. The Kier molecular flexibility index (Phi) is 6.32. The molecule has 1 aliphatic carbocycles. The summed E-state index contributed by atoms with van der Waals surface area (Å²) in [5.74, 6) is -1.59. The fourth-order valence-electron chi connectivity index (χ4n) is 4.23. The molecule has 3 atom stereocenters. The number of anilines is 1. The molecular formula is C23H23BrClNO3. The van der Waals surface area contributed by atoms with Crippen LogP contribution in [0.5, 0.6) is 0 Å². The van der Waals surface area contributed by atoms with Crippen molar-refractivity contribution < 1.29 is 14.7 Å². The van der Waals surface area contributed by atoms with Crippen molar-refractivity contribution in [2.45, 2.75) is 38.7 Å². The second kappa shape index (κ2) is 8.42. The molecule has 152 valence electrons. The van der Waals surface area contributed by atoms with Gasteiger partial charge in [-0.1, -0.05) is 39.7 Å². The van der Waals surface area contributed by atoms with Crippen molar-refractivity contribution in [3.05, 3.63) is 74.9 Å². The number of ketones is 2. The molecule has 0 spiro atoms. The summed E-state index contributed by atoms with van der Waals surface area (Å²) >= 11 is 9.45. The lowest BCUT2D eigenvalue weighted by molar-refractivity contribution is -0.131. The summed E-state index contributed by atoms with van der Waals surface area (Å²) in [5, 5.41) is 15.1. The highest BCUT2D eigenvalue weighted by Crippen LogP contribution is 2.47. The van der Waals surface area contributed by atoms with Crippen molar-refractivity contribution in [1.82, 2.24) is 0 Å². The molecule has 0 radical (unpaired) electrons. The normalized spacial score (nSPS) is 24.3. The van der Waals surface area contributed by atoms with Crippen LogP contribution in [0.15, 0.2) is 64.3 Å². The molecule has 2 N–H and O–H groups in total. The molecule has 4 nitrogen and oxygen atoms in total. The number of benzene rings is 2. The van der Waals surface area contributed by atoms with Gasteiger partial charge in [-0.15, -0.1) is 0 Å². The molecule has 6 heteroatoms. The third-order valence-electron chi connectivity index (χ3n) is 5.36. The van der Waals surface area contributed by atoms with Gasteiger partial charge in [0.05, 0.1) is 11.5 Å². The molecule has 0 unspecified atom stereocenters. The molecule has 0 heterocycles. The topological polar surface area (TPSA) is 66.4 Å². The summed E-state index contributed by atoms with van der Waals surface area (Å²) in [7, 11) is 0. The Labute approximate surface area is 184 Å². The molecule has 3 rings (SSSR count). The van der Waals surface area contributed by atoms with Crippen LogP contribution in [0.4, 0.5) is 5.69 Å². The summed E-state index contributed by atoms with van der Waals surface area (Å²) in [6.07, 6.45) is 0.173. The number of nitrogens with one attached hydrogen (secondary N) is 1. The average molecular weight is 477 g/mol. The van der Waals surface area contributed by atoms with E-state index < -0.39 is 17.4 Å². The molecule has 0 amide bonds. The first-order valence-corrected chi connectivity index (χ1v) is 10.5. The third kappa shape index (κ3) is 4.63. The standard InChI is InChI=1S/C23H23BrClNO3/c1-13(27)20-19(26-18-10-6-16(24)7-11-18)12-23(3,29)22(14(2)28)21(20)15-4-8-17(25)9-5-15/h4-11,21-22,26,29H,12H2,1-3H3/t21-,22+,23+/m0/s1. The van der Waals surface area contributed by atoms with Gasteiger partial charge >= 0.3 is 0 Å². The van der Waals surface area contributed by atoms with E-state index >= 15 is 0 Å². The number of allylic oxidation sites excluding steroid dienone is 1. The molecule has 2 aromatic rings. The van der Waals surface area contributed by atoms with E-state index in [2.05, 4.69) is 21.2 Å². The maximum atomic E-state index is 12.8. The predicted octanol–water partition coefficient (Wildman–Crippen LogP) is 5.50. The summed E-state index contributed by atoms with van der Waals surface area (Å²) in [6.45, 7) is 4.62. The second-order valence-corrected chi connectivity index (χ2v) is 9.08. The Bertz CT molecular complexity index is 965. The van der Waals surface area contributed by atoms with Gasteiger partial charge in [-0.05, 0) is 62.7 Å². The number of halogens is 2. The Balaban J connectivity index is 2.19. The van der Waals surface area contributed by atoms with Gasteiger partial charge in [0, 0.05) is 38.8 Å². The van der Waals surface area contributed by atoms with Crippen molar-refractivity contribution >= 4 is 44.8 Å². The molecule has 0 bridgehead atoms. The van der Waals surface area contributed by atoms with Gasteiger partial charge in [0.1, 0.15) is 5.78 Å². The van der Waals surface area contributed by atoms with Crippen molar-refractivity contribution in [1.29, 1.82) is 0 Å². The zero-order valence-electron chi connectivity index (χ0n) is 16.5. The Morgan fingerprint density at radius 2 is 1.69 bits per heavy atom. The lowest BCUT2D eigenvalue weighted by Crippen LogP contribution is -2.48. The summed E-state index contributed by atoms with van der Waals surface area (Å²) in [6, 6.07) is 14.7. The first-order chi connectivity index (χ1) is 13.6. The van der Waals surface area contributed by atoms with Gasteiger partial charge in [-0.25, -0.2) is 0 Å². The molecule has 0 fully saturated rings. The quantitative estimate of drug-likeness (QED) is 0.598. The maximum Gasteiger partial charge on any atom is 0.158 e. The monoisotopic (exact) mass is 475 g/mol. The Morgan fingerprint density at radius 1 is 1.10 bits per heavy atom. The predicted molar refractivity (Wildman–Crippen MR) is 119 cm³/mol. The van der Waals surface area contributed by atoms with E-state index in [-0.39, 0.29) is 18.0 Å². The number of hydrogen-bond acceptors (Lipinski definition) is 4. The molecule has 0 saturated heterocycles. The van der Waals surface area contributed by atoms with Gasteiger partial charge in [0.15, 0.2) is 5.78 Å². The minimum Gasteiger partial charge on any atom is -0.389 e. The number of rotatable bonds is 5. The number of aliphatic hydroxyl groups is 1. The zero-order chi connectivity index (χ0) is 21.3. The van der Waals surface area contributed by atoms with Crippen LogP contribution >= 0.6 is 27.5 Å². The molecule has 0 saturated carbocycles. The third-order valence-corrected chi connectivity index (χ3v) is 6.14. The average Bonchev–Trinajstić information content (AvgIpc) is 2.62. The van der Waals surface area contributed by atoms with Crippen LogP contribution in [0, 0.1) is 5.92 Å². The Morgan fingerprint density at radius 3 is 2.21 bits per heavy atom. The maximum absolute atomic E-state index is 12.8. The van der Waals surface area contributed by atoms with Crippen LogP contribution in [0.3, 0.4) is 0 Å². The highest BCUT2D eigenvalue weighted by atomic mass is 79.9. The van der Waals surface area contributed by atoms with Crippen molar-refractivity contribution in [3.63, 3.8) is 0 Å². The molecule has 1 aliphatic rings. The molecule has 2 aromatic carbocycles. The fourth-order valence-corrected chi connectivity index (χ4v) is 4.62. The van der Waals surface area contributed by atoms with E-state index in [9.17, 15) is 14.7 Å². The van der Waals surface area contributed by atoms with E-state index in [4.69, 9.17) is 11.6 Å². The number of carbonyl (C=O) groups is 2. The van der Waals surface area contributed by atoms with Crippen LogP contribution in [0.25, 0.3) is 0 Å². The summed E-state index contributed by atoms with van der Waals surface area (Å²) < 4.78 is 0.940. The lowest BCUT2D eigenvalue weighted by atomic mass is 9.64. The van der Waals surface area contributed by atoms with E-state index in [1.54, 1.807) is 19.1 Å². The fraction of sp³-hybridized carbons (Fsp3) is 0.304. The second-order valence-electron chi connectivity index (χ2n) is 7.73. The smallest absolute Gasteiger partial charge is 0.158 e. The van der Waals surface area contributed by atoms with Crippen molar-refractivity contribution in [2.75, 3.05) is 5.32 Å². The van der Waals surface area contributed by atoms with Crippen LogP contribution in [0.2, 0.25) is 5.02 Å². The molecular weight excluding hydrogens is 454 g/mol. The van der Waals surface area contributed by atoms with Crippen molar-refractivity contribution in [3.8, 4) is 0 Å². The number of Topliss-reactive ketones (excluding diaryl/α,β-unsaturated/α-hetero) is 2. The lowest BCUT2D eigenvalue weighted by Gasteiger charge is -2.43. The van der Waals surface area contributed by atoms with Gasteiger partial charge in [0.2, 0.25) is 0 Å². The largest absolute Gasteiger partial charge is 0.389 e. The number of hydrogen-bond donors (Lipinski definition) is 2. The zero-order valence-corrected chi connectivity index (χ0v) is 18.8. The molecule has 0 aliphatic heterocycles. The van der Waals surface area contributed by atoms with Crippen molar-refractivity contribution in [2.24, 2.45) is 5.92 Å². The summed E-state index contributed by atoms with van der Waals surface area (Å²) in [4.78, 5) is 25.3.